The van der Waals surface area contributed by atoms with Crippen LogP contribution in [-0.2, 0) is 17.8 Å². The molecular weight excluding hydrogens is 514 g/mol. The van der Waals surface area contributed by atoms with Gasteiger partial charge in [-0.1, -0.05) is 29.1 Å². The summed E-state index contributed by atoms with van der Waals surface area (Å²) in [6.45, 7) is 9.42. The Kier molecular flexibility index (Phi) is 8.59. The van der Waals surface area contributed by atoms with Gasteiger partial charge in [-0.25, -0.2) is 4.98 Å². The van der Waals surface area contributed by atoms with Gasteiger partial charge in [0.05, 0.1) is 19.8 Å². The van der Waals surface area contributed by atoms with Crippen molar-refractivity contribution in [2.45, 2.75) is 45.0 Å². The van der Waals surface area contributed by atoms with Gasteiger partial charge in [0.15, 0.2) is 5.76 Å². The molecule has 2 aliphatic rings. The van der Waals surface area contributed by atoms with E-state index < -0.39 is 6.10 Å². The maximum Gasteiger partial charge on any atom is 0.167 e. The van der Waals surface area contributed by atoms with Gasteiger partial charge in [0.1, 0.15) is 17.6 Å². The largest absolute Gasteiger partial charge is 0.385 e. The Balaban J connectivity index is 1.00. The number of piperidine rings is 1. The summed E-state index contributed by atoms with van der Waals surface area (Å²) in [7, 11) is 0. The van der Waals surface area contributed by atoms with Gasteiger partial charge in [-0.05, 0) is 74.8 Å². The van der Waals surface area contributed by atoms with Crippen molar-refractivity contribution in [3.63, 3.8) is 0 Å². The van der Waals surface area contributed by atoms with Crippen molar-refractivity contribution in [3.8, 4) is 23.2 Å². The van der Waals surface area contributed by atoms with Crippen LogP contribution in [0.25, 0.3) is 11.3 Å². The molecule has 4 heterocycles. The first kappa shape index (κ1) is 27.4. The molecule has 8 nitrogen and oxygen atoms in total. The third-order valence-electron chi connectivity index (χ3n) is 8.01. The van der Waals surface area contributed by atoms with Crippen LogP contribution >= 0.6 is 0 Å². The fourth-order valence-electron chi connectivity index (χ4n) is 5.72. The lowest BCUT2D eigenvalue weighted by atomic mass is 10.0. The fraction of sp³-hybridized carbons (Fsp3) is 0.394. The molecule has 4 aromatic rings. The van der Waals surface area contributed by atoms with Gasteiger partial charge in [0.2, 0.25) is 0 Å². The molecule has 0 unspecified atom stereocenters. The van der Waals surface area contributed by atoms with Crippen LogP contribution in [0.2, 0.25) is 0 Å². The van der Waals surface area contributed by atoms with E-state index in [1.54, 1.807) is 13.1 Å². The fourth-order valence-corrected chi connectivity index (χ4v) is 5.72. The van der Waals surface area contributed by atoms with Crippen LogP contribution in [0.1, 0.15) is 54.1 Å². The number of benzene rings is 2. The number of hydrogen-bond acceptors (Lipinski definition) is 7. The number of morpholine rings is 1. The second-order valence-electron chi connectivity index (χ2n) is 11.0. The lowest BCUT2D eigenvalue weighted by molar-refractivity contribution is 0.000230. The Bertz CT molecular complexity index is 1470. The molecule has 0 saturated carbocycles. The van der Waals surface area contributed by atoms with Gasteiger partial charge in [0, 0.05) is 60.8 Å². The molecule has 0 spiro atoms. The number of likely N-dealkylation sites (tertiary alicyclic amines) is 1. The molecule has 2 aliphatic heterocycles. The molecule has 1 atom stereocenters. The topological polar surface area (TPSA) is 79.8 Å². The van der Waals surface area contributed by atoms with E-state index in [4.69, 9.17) is 9.26 Å². The molecule has 0 bridgehead atoms. The minimum atomic E-state index is -0.642. The molecule has 0 radical (unpaired) electrons. The van der Waals surface area contributed by atoms with Crippen LogP contribution in [0.15, 0.2) is 71.5 Å². The summed E-state index contributed by atoms with van der Waals surface area (Å²) in [5, 5.41) is 14.1. The first-order chi connectivity index (χ1) is 20.1. The van der Waals surface area contributed by atoms with Gasteiger partial charge in [0.25, 0.3) is 0 Å². The predicted octanol–water partition coefficient (Wildman–Crippen LogP) is 4.34. The predicted molar refractivity (Wildman–Crippen MR) is 157 cm³/mol. The number of nitrogens with zero attached hydrogens (tertiary/aromatic N) is 5. The number of hydrogen-bond donors (Lipinski definition) is 1. The number of ether oxygens (including phenoxy) is 1. The zero-order valence-corrected chi connectivity index (χ0v) is 23.6. The second kappa shape index (κ2) is 12.8. The standard InChI is InChI=1S/C33H37N5O3/c1-25(39)33-34-14-17-38(33)24-30-22-32(41-35-30)29-10-8-27(9-11-29)3-2-26-4-6-28(7-5-26)23-36-15-12-31(13-16-36)37-18-20-40-21-19-37/h4-11,14,17,22,25,31,39H,12-13,15-16,18-21,23-24H2,1H3/t25-/m0/s1. The molecule has 2 saturated heterocycles. The lowest BCUT2D eigenvalue weighted by Crippen LogP contribution is -2.48. The third kappa shape index (κ3) is 6.95. The summed E-state index contributed by atoms with van der Waals surface area (Å²) in [5.41, 5.74) is 5.01. The number of aliphatic hydroxyl groups is 1. The first-order valence-corrected chi connectivity index (χ1v) is 14.5. The second-order valence-corrected chi connectivity index (χ2v) is 11.0. The first-order valence-electron chi connectivity index (χ1n) is 14.5. The summed E-state index contributed by atoms with van der Waals surface area (Å²) in [5.74, 6) is 7.86. The van der Waals surface area contributed by atoms with Gasteiger partial charge in [-0.3, -0.25) is 9.80 Å². The van der Waals surface area contributed by atoms with Crippen molar-refractivity contribution in [3.05, 3.63) is 95.2 Å². The average molecular weight is 552 g/mol. The molecule has 2 fully saturated rings. The molecule has 2 aromatic heterocycles. The van der Waals surface area contributed by atoms with Gasteiger partial charge in [-0.2, -0.15) is 0 Å². The van der Waals surface area contributed by atoms with Crippen LogP contribution in [0.3, 0.4) is 0 Å². The third-order valence-corrected chi connectivity index (χ3v) is 8.01. The van der Waals surface area contributed by atoms with Gasteiger partial charge in [-0.15, -0.1) is 0 Å². The summed E-state index contributed by atoms with van der Waals surface area (Å²) < 4.78 is 13.0. The normalized spacial score (nSPS) is 17.7. The SMILES string of the molecule is C[C@H](O)c1nccn1Cc1cc(-c2ccc(C#Cc3ccc(CN4CCC(N5CCOCC5)CC4)cc3)cc2)on1. The van der Waals surface area contributed by atoms with Crippen molar-refractivity contribution in [1.82, 2.24) is 24.5 Å². The molecule has 6 rings (SSSR count). The molecule has 2 aromatic carbocycles. The van der Waals surface area contributed by atoms with Crippen LogP contribution in [-0.4, -0.2) is 75.0 Å². The van der Waals surface area contributed by atoms with Gasteiger partial charge < -0.3 is 18.9 Å². The van der Waals surface area contributed by atoms with Crippen LogP contribution in [0.5, 0.6) is 0 Å². The van der Waals surface area contributed by atoms with E-state index in [0.717, 1.165) is 68.3 Å². The Hall–Kier alpha value is -3.74. The Morgan fingerprint density at radius 3 is 2.29 bits per heavy atom. The maximum absolute atomic E-state index is 9.87. The molecular formula is C33H37N5O3. The van der Waals surface area contributed by atoms with Gasteiger partial charge >= 0.3 is 0 Å². The Morgan fingerprint density at radius 1 is 0.927 bits per heavy atom. The molecule has 212 valence electrons. The summed E-state index contributed by atoms with van der Waals surface area (Å²) >= 11 is 0. The Labute approximate surface area is 241 Å². The van der Waals surface area contributed by atoms with Crippen LogP contribution in [0.4, 0.5) is 0 Å². The average Bonchev–Trinajstić information content (AvgIpc) is 3.68. The number of aliphatic hydroxyl groups excluding tert-OH is 1. The van der Waals surface area contributed by atoms with E-state index in [0.29, 0.717) is 24.2 Å². The summed E-state index contributed by atoms with van der Waals surface area (Å²) in [6.07, 6.45) is 5.35. The summed E-state index contributed by atoms with van der Waals surface area (Å²) in [4.78, 5) is 9.39. The van der Waals surface area contributed by atoms with E-state index in [2.05, 4.69) is 56.0 Å². The lowest BCUT2D eigenvalue weighted by Gasteiger charge is -2.40. The van der Waals surface area contributed by atoms with Crippen LogP contribution < -0.4 is 0 Å². The van der Waals surface area contributed by atoms with E-state index in [9.17, 15) is 5.11 Å². The number of imidazole rings is 1. The van der Waals surface area contributed by atoms with E-state index in [-0.39, 0.29) is 0 Å². The summed E-state index contributed by atoms with van der Waals surface area (Å²) in [6, 6.07) is 19.3. The van der Waals surface area contributed by atoms with Crippen LogP contribution in [0, 0.1) is 11.8 Å². The quantitative estimate of drug-likeness (QED) is 0.343. The van der Waals surface area contributed by atoms with Crippen molar-refractivity contribution >= 4 is 0 Å². The molecule has 8 heteroatoms. The minimum absolute atomic E-state index is 0.486. The Morgan fingerprint density at radius 2 is 1.61 bits per heavy atom. The highest BCUT2D eigenvalue weighted by atomic mass is 16.5. The molecule has 1 N–H and O–H groups in total. The smallest absolute Gasteiger partial charge is 0.167 e. The molecule has 0 aliphatic carbocycles. The monoisotopic (exact) mass is 551 g/mol. The van der Waals surface area contributed by atoms with Crippen molar-refractivity contribution in [1.29, 1.82) is 0 Å². The molecule has 0 amide bonds. The highest BCUT2D eigenvalue weighted by Crippen LogP contribution is 2.23. The number of aromatic nitrogens is 3. The zero-order valence-electron chi connectivity index (χ0n) is 23.6. The van der Waals surface area contributed by atoms with E-state index in [1.807, 2.05) is 41.1 Å². The number of rotatable bonds is 7. The molecule has 41 heavy (non-hydrogen) atoms. The zero-order chi connectivity index (χ0) is 28.0. The van der Waals surface area contributed by atoms with E-state index in [1.165, 1.54) is 18.4 Å². The minimum Gasteiger partial charge on any atom is -0.385 e. The maximum atomic E-state index is 9.87. The highest BCUT2D eigenvalue weighted by Gasteiger charge is 2.25. The van der Waals surface area contributed by atoms with Crippen molar-refractivity contribution in [2.75, 3.05) is 39.4 Å². The highest BCUT2D eigenvalue weighted by molar-refractivity contribution is 5.59. The van der Waals surface area contributed by atoms with Crippen molar-refractivity contribution < 1.29 is 14.4 Å². The van der Waals surface area contributed by atoms with E-state index >= 15 is 0 Å². The van der Waals surface area contributed by atoms with Crippen molar-refractivity contribution in [2.24, 2.45) is 0 Å².